The molecule has 1 aromatic heterocycles. The van der Waals surface area contributed by atoms with Gasteiger partial charge in [-0.2, -0.15) is 4.98 Å². The summed E-state index contributed by atoms with van der Waals surface area (Å²) >= 11 is 0. The number of nitrogens with zero attached hydrogens (tertiary/aromatic N) is 3. The Balaban J connectivity index is 1.85. The largest absolute Gasteiger partial charge is 0.444 e. The fraction of sp³-hybridized carbons (Fsp3) is 0.769. The van der Waals surface area contributed by atoms with Crippen molar-refractivity contribution in [1.82, 2.24) is 15.0 Å². The van der Waals surface area contributed by atoms with Crippen LogP contribution in [0.4, 0.5) is 4.79 Å². The highest BCUT2D eigenvalue weighted by atomic mass is 16.6. The number of piperidine rings is 1. The number of carbonyl (C=O) groups is 1. The number of aromatic nitrogens is 2. The normalized spacial score (nSPS) is 33.5. The molecule has 0 N–H and O–H groups in total. The zero-order valence-electron chi connectivity index (χ0n) is 13.6. The number of amides is 1. The van der Waals surface area contributed by atoms with E-state index in [9.17, 15) is 4.79 Å². The molecule has 2 aliphatic rings. The summed E-state index contributed by atoms with van der Waals surface area (Å²) in [5, 5.41) is 3.77. The summed E-state index contributed by atoms with van der Waals surface area (Å²) in [6.07, 6.45) is -0.0312. The molecule has 19 heavy (non-hydrogen) atoms. The molecule has 6 heteroatoms. The minimum atomic E-state index is -1.76. The summed E-state index contributed by atoms with van der Waals surface area (Å²) in [6, 6.07) is 0. The number of hydrogen-bond acceptors (Lipinski definition) is 5. The topological polar surface area (TPSA) is 68.5 Å². The third-order valence-electron chi connectivity index (χ3n) is 3.39. The predicted molar refractivity (Wildman–Crippen MR) is 66.6 cm³/mol. The minimum absolute atomic E-state index is 0.210. The first kappa shape index (κ1) is 10.2. The molecule has 0 aromatic carbocycles. The van der Waals surface area contributed by atoms with Crippen molar-refractivity contribution in [2.24, 2.45) is 5.92 Å². The lowest BCUT2D eigenvalue weighted by molar-refractivity contribution is 0.0268. The van der Waals surface area contributed by atoms with Crippen molar-refractivity contribution in [3.8, 4) is 0 Å². The molecule has 1 aromatic rings. The molecule has 1 amide bonds. The molecule has 2 atom stereocenters. The van der Waals surface area contributed by atoms with Crippen LogP contribution in [0.1, 0.15) is 41.6 Å². The first-order valence-electron chi connectivity index (χ1n) is 7.38. The Kier molecular flexibility index (Phi) is 2.00. The smallest absolute Gasteiger partial charge is 0.410 e. The fourth-order valence-corrected chi connectivity index (χ4v) is 2.40. The molecule has 104 valence electrons. The van der Waals surface area contributed by atoms with Crippen LogP contribution in [0, 0.1) is 12.8 Å². The average molecular weight is 267 g/mol. The Labute approximate surface area is 114 Å². The second-order valence-corrected chi connectivity index (χ2v) is 6.26. The van der Waals surface area contributed by atoms with Crippen molar-refractivity contribution < 1.29 is 16.8 Å². The Morgan fingerprint density at radius 2 is 2.37 bits per heavy atom. The van der Waals surface area contributed by atoms with Gasteiger partial charge in [-0.1, -0.05) is 5.16 Å². The Hall–Kier alpha value is -1.59. The summed E-state index contributed by atoms with van der Waals surface area (Å²) in [6.45, 7) is 5.44. The van der Waals surface area contributed by atoms with Gasteiger partial charge in [0.2, 0.25) is 5.89 Å². The van der Waals surface area contributed by atoms with E-state index in [2.05, 4.69) is 10.1 Å². The van der Waals surface area contributed by atoms with E-state index < -0.39 is 23.6 Å². The lowest BCUT2D eigenvalue weighted by atomic mass is 10.1. The van der Waals surface area contributed by atoms with Gasteiger partial charge >= 0.3 is 6.09 Å². The highest BCUT2D eigenvalue weighted by Gasteiger charge is 2.65. The second-order valence-electron chi connectivity index (χ2n) is 6.26. The van der Waals surface area contributed by atoms with Crippen molar-refractivity contribution in [2.75, 3.05) is 13.0 Å². The Bertz CT molecular complexity index is 596. The van der Waals surface area contributed by atoms with E-state index in [1.165, 1.54) is 0 Å². The molecule has 1 aliphatic carbocycles. The van der Waals surface area contributed by atoms with Crippen LogP contribution in [0.15, 0.2) is 4.52 Å². The predicted octanol–water partition coefficient (Wildman–Crippen LogP) is 1.89. The number of aryl methyl sites for hydroxylation is 1. The van der Waals surface area contributed by atoms with Crippen molar-refractivity contribution in [3.05, 3.63) is 11.7 Å². The van der Waals surface area contributed by atoms with E-state index in [4.69, 9.17) is 12.0 Å². The maximum Gasteiger partial charge on any atom is 0.410 e. The van der Waals surface area contributed by atoms with E-state index >= 15 is 0 Å². The van der Waals surface area contributed by atoms with E-state index in [1.54, 1.807) is 27.7 Å². The van der Waals surface area contributed by atoms with Gasteiger partial charge in [0.1, 0.15) is 5.60 Å². The van der Waals surface area contributed by atoms with Gasteiger partial charge in [-0.25, -0.2) is 4.79 Å². The van der Waals surface area contributed by atoms with Crippen molar-refractivity contribution in [2.45, 2.75) is 45.1 Å². The van der Waals surface area contributed by atoms with Gasteiger partial charge in [0.25, 0.3) is 0 Å². The Morgan fingerprint density at radius 3 is 2.95 bits per heavy atom. The van der Waals surface area contributed by atoms with Crippen LogP contribution in [-0.4, -0.2) is 39.8 Å². The van der Waals surface area contributed by atoms with E-state index in [-0.39, 0.29) is 12.5 Å². The molecule has 2 fully saturated rings. The van der Waals surface area contributed by atoms with Gasteiger partial charge in [0.05, 0.1) is 5.41 Å². The van der Waals surface area contributed by atoms with Gasteiger partial charge in [-0.05, 0) is 40.0 Å². The summed E-state index contributed by atoms with van der Waals surface area (Å²) in [5.74, 6) is 0.610. The van der Waals surface area contributed by atoms with Gasteiger partial charge in [0, 0.05) is 15.8 Å². The highest BCUT2D eigenvalue weighted by Crippen LogP contribution is 2.58. The second kappa shape index (κ2) is 3.71. The van der Waals surface area contributed by atoms with Crippen LogP contribution >= 0.6 is 0 Å². The zero-order chi connectivity index (χ0) is 15.6. The van der Waals surface area contributed by atoms with Crippen LogP contribution in [0.2, 0.25) is 0 Å². The third-order valence-corrected chi connectivity index (χ3v) is 3.39. The summed E-state index contributed by atoms with van der Waals surface area (Å²) in [7, 11) is 0. The van der Waals surface area contributed by atoms with Gasteiger partial charge in [-0.3, -0.25) is 0 Å². The highest BCUT2D eigenvalue weighted by molar-refractivity contribution is 5.69. The lowest BCUT2D eigenvalue weighted by Gasteiger charge is -2.25. The first-order valence-corrected chi connectivity index (χ1v) is 6.38. The lowest BCUT2D eigenvalue weighted by Crippen LogP contribution is -2.37. The molecule has 1 aliphatic heterocycles. The van der Waals surface area contributed by atoms with Crippen LogP contribution in [0.3, 0.4) is 0 Å². The number of hydrogen-bond donors (Lipinski definition) is 0. The Morgan fingerprint density at radius 1 is 1.63 bits per heavy atom. The molecule has 0 radical (unpaired) electrons. The van der Waals surface area contributed by atoms with Crippen LogP contribution in [-0.2, 0) is 10.2 Å². The summed E-state index contributed by atoms with van der Waals surface area (Å²) in [4.78, 5) is 17.6. The molecular weight excluding hydrogens is 246 g/mol. The van der Waals surface area contributed by atoms with Gasteiger partial charge in [0.15, 0.2) is 5.82 Å². The molecule has 6 nitrogen and oxygen atoms in total. The third kappa shape index (κ3) is 2.09. The van der Waals surface area contributed by atoms with E-state index in [0.717, 1.165) is 4.90 Å². The quantitative estimate of drug-likeness (QED) is 0.777. The number of rotatable bonds is 1. The molecule has 2 heterocycles. The zero-order valence-corrected chi connectivity index (χ0v) is 11.6. The number of ether oxygens (including phenoxy) is 1. The molecule has 0 spiro atoms. The number of likely N-dealkylation sites (tertiary alicyclic amines) is 1. The molecule has 1 saturated carbocycles. The fourth-order valence-electron chi connectivity index (χ4n) is 2.40. The molecule has 3 rings (SSSR count). The molecular formula is C13H19N3O3. The number of carbonyl (C=O) groups excluding carboxylic acids is 1. The number of fused-ring (bicyclic) bond motifs is 1. The van der Waals surface area contributed by atoms with E-state index in [1.807, 2.05) is 0 Å². The van der Waals surface area contributed by atoms with Crippen LogP contribution in [0.5, 0.6) is 0 Å². The van der Waals surface area contributed by atoms with Gasteiger partial charge < -0.3 is 14.2 Å². The minimum Gasteiger partial charge on any atom is -0.444 e. The standard InChI is InChI=1S/C13H19N3O3/c1-8-14-10(19-15-8)13-5-9(13)6-16(7-13)11(17)18-12(2,3)4/h9H,5-7H2,1-4H3/i6D2. The van der Waals surface area contributed by atoms with Crippen molar-refractivity contribution in [3.63, 3.8) is 0 Å². The first-order chi connectivity index (χ1) is 9.56. The molecule has 0 bridgehead atoms. The summed E-state index contributed by atoms with van der Waals surface area (Å²) < 4.78 is 26.9. The van der Waals surface area contributed by atoms with Crippen molar-refractivity contribution >= 4 is 6.09 Å². The van der Waals surface area contributed by atoms with Crippen molar-refractivity contribution in [1.29, 1.82) is 0 Å². The SMILES string of the molecule is [2H]C1([2H])C2CC2(c2nc(C)no2)CN1C(=O)OC(C)(C)C. The maximum atomic E-state index is 12.2. The van der Waals surface area contributed by atoms with Crippen LogP contribution < -0.4 is 0 Å². The maximum absolute atomic E-state index is 12.2. The molecule has 2 unspecified atom stereocenters. The average Bonchev–Trinajstić information content (AvgIpc) is 2.83. The summed E-state index contributed by atoms with van der Waals surface area (Å²) in [5.41, 5.74) is -1.21. The van der Waals surface area contributed by atoms with Gasteiger partial charge in [-0.15, -0.1) is 0 Å². The van der Waals surface area contributed by atoms with Crippen LogP contribution in [0.25, 0.3) is 0 Å². The van der Waals surface area contributed by atoms with E-state index in [0.29, 0.717) is 18.1 Å². The monoisotopic (exact) mass is 267 g/mol. The molecule has 1 saturated heterocycles.